The normalized spacial score (nSPS) is 19.6. The van der Waals surface area contributed by atoms with E-state index in [2.05, 4.69) is 12.2 Å². The Labute approximate surface area is 140 Å². The minimum atomic E-state index is -0.783. The molecule has 1 saturated heterocycles. The Kier molecular flexibility index (Phi) is 6.06. The third-order valence-corrected chi connectivity index (χ3v) is 7.17. The van der Waals surface area contributed by atoms with E-state index in [1.807, 2.05) is 54.7 Å². The number of hydrogen-bond donors (Lipinski definition) is 2. The number of nitrogens with one attached hydrogen (secondary N) is 1. The molecule has 0 saturated carbocycles. The highest BCUT2D eigenvalue weighted by molar-refractivity contribution is 8.21. The van der Waals surface area contributed by atoms with E-state index in [1.165, 1.54) is 0 Å². The summed E-state index contributed by atoms with van der Waals surface area (Å²) in [5.74, 6) is 2.22. The number of thioether (sulfide) groups is 2. The van der Waals surface area contributed by atoms with Crippen LogP contribution in [0.2, 0.25) is 0 Å². The van der Waals surface area contributed by atoms with Crippen molar-refractivity contribution < 1.29 is 14.6 Å². The van der Waals surface area contributed by atoms with E-state index in [0.717, 1.165) is 22.8 Å². The number of rotatable bonds is 7. The molecule has 122 valence electrons. The summed E-state index contributed by atoms with van der Waals surface area (Å²) >= 11 is 3.72. The van der Waals surface area contributed by atoms with Crippen molar-refractivity contribution in [1.29, 1.82) is 0 Å². The summed E-state index contributed by atoms with van der Waals surface area (Å²) in [5, 5.41) is 12.8. The smallest absolute Gasteiger partial charge is 0.320 e. The van der Waals surface area contributed by atoms with Crippen LogP contribution in [-0.2, 0) is 4.79 Å². The first-order valence-electron chi connectivity index (χ1n) is 7.34. The number of carbonyl (C=O) groups is 1. The molecular weight excluding hydrogens is 318 g/mol. The Balaban J connectivity index is 2.01. The lowest BCUT2D eigenvalue weighted by Gasteiger charge is -2.28. The zero-order valence-corrected chi connectivity index (χ0v) is 14.8. The SMILES string of the molecule is COc1ccc(C(C)NC(CC2(C)SCCS2)C(=O)O)cc1. The zero-order chi connectivity index (χ0) is 16.2. The maximum atomic E-state index is 11.6. The van der Waals surface area contributed by atoms with E-state index in [-0.39, 0.29) is 10.1 Å². The van der Waals surface area contributed by atoms with Gasteiger partial charge in [-0.05, 0) is 38.0 Å². The molecule has 2 unspecified atom stereocenters. The third-order valence-electron chi connectivity index (χ3n) is 3.84. The number of methoxy groups -OCH3 is 1. The van der Waals surface area contributed by atoms with Gasteiger partial charge in [-0.3, -0.25) is 10.1 Å². The summed E-state index contributed by atoms with van der Waals surface area (Å²) in [6, 6.07) is 7.17. The summed E-state index contributed by atoms with van der Waals surface area (Å²) in [6.45, 7) is 4.14. The van der Waals surface area contributed by atoms with Gasteiger partial charge in [0.1, 0.15) is 11.8 Å². The molecule has 0 aliphatic carbocycles. The lowest BCUT2D eigenvalue weighted by Crippen LogP contribution is -2.42. The molecule has 2 rings (SSSR count). The number of aliphatic carboxylic acids is 1. The first-order chi connectivity index (χ1) is 10.4. The van der Waals surface area contributed by atoms with Crippen LogP contribution in [0.25, 0.3) is 0 Å². The molecule has 1 aliphatic heterocycles. The first-order valence-corrected chi connectivity index (χ1v) is 9.31. The van der Waals surface area contributed by atoms with Crippen molar-refractivity contribution in [3.05, 3.63) is 29.8 Å². The first kappa shape index (κ1) is 17.5. The molecule has 1 heterocycles. The van der Waals surface area contributed by atoms with Crippen LogP contribution >= 0.6 is 23.5 Å². The summed E-state index contributed by atoms with van der Waals surface area (Å²) in [7, 11) is 1.63. The van der Waals surface area contributed by atoms with E-state index >= 15 is 0 Å². The molecule has 0 radical (unpaired) electrons. The molecule has 1 aromatic rings. The minimum Gasteiger partial charge on any atom is -0.497 e. The molecule has 0 bridgehead atoms. The second-order valence-corrected chi connectivity index (χ2v) is 9.04. The zero-order valence-electron chi connectivity index (χ0n) is 13.2. The van der Waals surface area contributed by atoms with Crippen LogP contribution in [-0.4, -0.2) is 39.8 Å². The van der Waals surface area contributed by atoms with Gasteiger partial charge in [-0.1, -0.05) is 12.1 Å². The highest BCUT2D eigenvalue weighted by Crippen LogP contribution is 2.46. The molecule has 4 nitrogen and oxygen atoms in total. The Morgan fingerprint density at radius 2 is 1.95 bits per heavy atom. The number of carboxylic acid groups (broad SMARTS) is 1. The molecular formula is C16H23NO3S2. The minimum absolute atomic E-state index is 0.00428. The molecule has 2 atom stereocenters. The molecule has 0 amide bonds. The summed E-state index contributed by atoms with van der Waals surface area (Å²) in [6.07, 6.45) is 0.623. The van der Waals surface area contributed by atoms with Gasteiger partial charge in [0.25, 0.3) is 0 Å². The van der Waals surface area contributed by atoms with Crippen molar-refractivity contribution in [1.82, 2.24) is 5.32 Å². The molecule has 0 spiro atoms. The van der Waals surface area contributed by atoms with Gasteiger partial charge in [-0.15, -0.1) is 23.5 Å². The average molecular weight is 341 g/mol. The van der Waals surface area contributed by atoms with Crippen molar-refractivity contribution in [3.63, 3.8) is 0 Å². The summed E-state index contributed by atoms with van der Waals surface area (Å²) in [4.78, 5) is 11.6. The topological polar surface area (TPSA) is 58.6 Å². The highest BCUT2D eigenvalue weighted by Gasteiger charge is 2.36. The fraction of sp³-hybridized carbons (Fsp3) is 0.562. The number of hydrogen-bond acceptors (Lipinski definition) is 5. The Morgan fingerprint density at radius 3 is 2.45 bits per heavy atom. The molecule has 1 aromatic carbocycles. The third kappa shape index (κ3) is 4.57. The van der Waals surface area contributed by atoms with Crippen LogP contribution in [0.3, 0.4) is 0 Å². The van der Waals surface area contributed by atoms with E-state index in [0.29, 0.717) is 6.42 Å². The Hall–Kier alpha value is -0.850. The molecule has 0 aromatic heterocycles. The van der Waals surface area contributed by atoms with Crippen LogP contribution in [0.4, 0.5) is 0 Å². The molecule has 22 heavy (non-hydrogen) atoms. The van der Waals surface area contributed by atoms with E-state index < -0.39 is 12.0 Å². The Bertz CT molecular complexity index is 501. The summed E-state index contributed by atoms with van der Waals surface area (Å²) in [5.41, 5.74) is 1.06. The number of benzene rings is 1. The van der Waals surface area contributed by atoms with Crippen molar-refractivity contribution >= 4 is 29.5 Å². The van der Waals surface area contributed by atoms with Gasteiger partial charge in [0.05, 0.1) is 11.2 Å². The number of ether oxygens (including phenoxy) is 1. The van der Waals surface area contributed by atoms with Crippen LogP contribution in [0, 0.1) is 0 Å². The van der Waals surface area contributed by atoms with Crippen molar-refractivity contribution in [2.45, 2.75) is 36.4 Å². The van der Waals surface area contributed by atoms with Crippen molar-refractivity contribution in [3.8, 4) is 5.75 Å². The lowest BCUT2D eigenvalue weighted by atomic mass is 10.1. The molecule has 1 fully saturated rings. The molecule has 1 aliphatic rings. The maximum absolute atomic E-state index is 11.6. The van der Waals surface area contributed by atoms with E-state index in [4.69, 9.17) is 4.74 Å². The van der Waals surface area contributed by atoms with E-state index in [1.54, 1.807) is 7.11 Å². The predicted octanol–water partition coefficient (Wildman–Crippen LogP) is 3.39. The standard InChI is InChI=1S/C16H23NO3S2/c1-11(12-4-6-13(20-3)7-5-12)17-14(15(18)19)10-16(2)21-8-9-22-16/h4-7,11,14,17H,8-10H2,1-3H3,(H,18,19). The van der Waals surface area contributed by atoms with Gasteiger partial charge in [-0.2, -0.15) is 0 Å². The van der Waals surface area contributed by atoms with Gasteiger partial charge in [0.2, 0.25) is 0 Å². The predicted molar refractivity (Wildman–Crippen MR) is 93.9 cm³/mol. The van der Waals surface area contributed by atoms with Crippen LogP contribution in [0.1, 0.15) is 31.9 Å². The van der Waals surface area contributed by atoms with Gasteiger partial charge in [0, 0.05) is 17.5 Å². The summed E-state index contributed by atoms with van der Waals surface area (Å²) < 4.78 is 5.15. The average Bonchev–Trinajstić information content (AvgIpc) is 2.93. The quantitative estimate of drug-likeness (QED) is 0.793. The van der Waals surface area contributed by atoms with Gasteiger partial charge in [-0.25, -0.2) is 0 Å². The second-order valence-electron chi connectivity index (χ2n) is 5.59. The fourth-order valence-electron chi connectivity index (χ4n) is 2.55. The number of carboxylic acids is 1. The fourth-order valence-corrected chi connectivity index (χ4v) is 5.49. The maximum Gasteiger partial charge on any atom is 0.320 e. The van der Waals surface area contributed by atoms with E-state index in [9.17, 15) is 9.90 Å². The van der Waals surface area contributed by atoms with Gasteiger partial charge < -0.3 is 9.84 Å². The Morgan fingerprint density at radius 1 is 1.36 bits per heavy atom. The monoisotopic (exact) mass is 341 g/mol. The van der Waals surface area contributed by atoms with Crippen molar-refractivity contribution in [2.24, 2.45) is 0 Å². The van der Waals surface area contributed by atoms with Crippen molar-refractivity contribution in [2.75, 3.05) is 18.6 Å². The van der Waals surface area contributed by atoms with Gasteiger partial charge in [0.15, 0.2) is 0 Å². The lowest BCUT2D eigenvalue weighted by molar-refractivity contribution is -0.139. The van der Waals surface area contributed by atoms with Crippen LogP contribution in [0.15, 0.2) is 24.3 Å². The van der Waals surface area contributed by atoms with Crippen LogP contribution < -0.4 is 10.1 Å². The molecule has 6 heteroatoms. The largest absolute Gasteiger partial charge is 0.497 e. The van der Waals surface area contributed by atoms with Gasteiger partial charge >= 0.3 is 5.97 Å². The molecule has 2 N–H and O–H groups in total. The second kappa shape index (κ2) is 7.62. The highest BCUT2D eigenvalue weighted by atomic mass is 32.2. The van der Waals surface area contributed by atoms with Crippen LogP contribution in [0.5, 0.6) is 5.75 Å².